The molecule has 0 fully saturated rings. The first-order chi connectivity index (χ1) is 13.1. The molecule has 0 unspecified atom stereocenters. The third-order valence-electron chi connectivity index (χ3n) is 3.94. The van der Waals surface area contributed by atoms with Crippen LogP contribution in [-0.4, -0.2) is 16.7 Å². The minimum atomic E-state index is -0.0980. The van der Waals surface area contributed by atoms with Crippen LogP contribution in [0.2, 0.25) is 0 Å². The van der Waals surface area contributed by atoms with Crippen LogP contribution in [0.4, 0.5) is 10.8 Å². The van der Waals surface area contributed by atoms with Crippen LogP contribution >= 0.6 is 11.3 Å². The largest absolute Gasteiger partial charge is 0.487 e. The summed E-state index contributed by atoms with van der Waals surface area (Å²) < 4.78 is 5.75. The van der Waals surface area contributed by atoms with E-state index >= 15 is 0 Å². The number of anilines is 2. The molecule has 3 rings (SSSR count). The minimum Gasteiger partial charge on any atom is -0.487 e. The number of ether oxygens (including phenoxy) is 1. The lowest BCUT2D eigenvalue weighted by atomic mass is 10.1. The number of benzene rings is 2. The molecular weight excluding hydrogens is 360 g/mol. The fourth-order valence-electron chi connectivity index (χ4n) is 2.57. The van der Waals surface area contributed by atoms with Crippen molar-refractivity contribution in [1.82, 2.24) is 4.98 Å². The maximum absolute atomic E-state index is 12.1. The number of hydrogen-bond acceptors (Lipinski definition) is 5. The molecule has 0 saturated carbocycles. The molecule has 138 valence electrons. The maximum atomic E-state index is 12.1. The molecule has 3 aromatic rings. The van der Waals surface area contributed by atoms with E-state index in [4.69, 9.17) is 4.74 Å². The Bertz CT molecular complexity index is 920. The van der Waals surface area contributed by atoms with E-state index in [1.54, 1.807) is 29.2 Å². The number of rotatable bonds is 7. The Labute approximate surface area is 162 Å². The van der Waals surface area contributed by atoms with E-state index in [9.17, 15) is 9.59 Å². The summed E-state index contributed by atoms with van der Waals surface area (Å²) in [6, 6.07) is 16.5. The highest BCUT2D eigenvalue weighted by molar-refractivity contribution is 7.14. The Balaban J connectivity index is 1.68. The molecule has 1 heterocycles. The van der Waals surface area contributed by atoms with Gasteiger partial charge in [-0.1, -0.05) is 25.1 Å². The molecule has 6 heteroatoms. The van der Waals surface area contributed by atoms with Gasteiger partial charge in [0.15, 0.2) is 10.9 Å². The zero-order valence-corrected chi connectivity index (χ0v) is 16.0. The second-order valence-electron chi connectivity index (χ2n) is 5.90. The summed E-state index contributed by atoms with van der Waals surface area (Å²) in [4.78, 5) is 29.8. The lowest BCUT2D eigenvalue weighted by molar-refractivity contribution is -0.115. The smallest absolute Gasteiger partial charge is 0.230 e. The molecule has 0 aliphatic heterocycles. The van der Waals surface area contributed by atoms with Crippen LogP contribution in [0.1, 0.15) is 36.3 Å². The zero-order valence-electron chi connectivity index (χ0n) is 15.2. The number of thiazole rings is 1. The first-order valence-electron chi connectivity index (χ1n) is 8.64. The Kier molecular flexibility index (Phi) is 5.98. The first kappa shape index (κ1) is 18.8. The van der Waals surface area contributed by atoms with E-state index in [-0.39, 0.29) is 18.3 Å². The molecule has 0 aliphatic rings. The van der Waals surface area contributed by atoms with Gasteiger partial charge in [-0.25, -0.2) is 4.98 Å². The lowest BCUT2D eigenvalue weighted by Gasteiger charge is -2.17. The molecule has 1 amide bonds. The fraction of sp³-hybridized carbons (Fsp3) is 0.190. The van der Waals surface area contributed by atoms with Crippen molar-refractivity contribution in [2.24, 2.45) is 0 Å². The topological polar surface area (TPSA) is 59.5 Å². The van der Waals surface area contributed by atoms with E-state index in [1.807, 2.05) is 42.6 Å². The van der Waals surface area contributed by atoms with Crippen LogP contribution in [0.3, 0.4) is 0 Å². The first-order valence-corrected chi connectivity index (χ1v) is 9.52. The van der Waals surface area contributed by atoms with Gasteiger partial charge in [-0.15, -0.1) is 11.3 Å². The predicted molar refractivity (Wildman–Crippen MR) is 107 cm³/mol. The molecule has 0 bridgehead atoms. The Morgan fingerprint density at radius 2 is 1.78 bits per heavy atom. The van der Waals surface area contributed by atoms with Gasteiger partial charge >= 0.3 is 0 Å². The maximum Gasteiger partial charge on any atom is 0.230 e. The van der Waals surface area contributed by atoms with Crippen molar-refractivity contribution in [3.8, 4) is 5.75 Å². The van der Waals surface area contributed by atoms with Crippen molar-refractivity contribution in [3.63, 3.8) is 0 Å². The van der Waals surface area contributed by atoms with E-state index in [2.05, 4.69) is 4.98 Å². The summed E-state index contributed by atoms with van der Waals surface area (Å²) in [5.74, 6) is 0.679. The summed E-state index contributed by atoms with van der Waals surface area (Å²) in [6.07, 6.45) is 0.482. The van der Waals surface area contributed by atoms with Gasteiger partial charge in [-0.05, 0) is 36.4 Å². The summed E-state index contributed by atoms with van der Waals surface area (Å²) >= 11 is 1.39. The standard InChI is InChI=1S/C21H20N2O3S/c1-3-20(25)16-9-11-19(12-10-16)26-13-17-14-27-21(22-17)23(15(2)24)18-7-5-4-6-8-18/h4-12,14H,3,13H2,1-2H3. The number of carbonyl (C=O) groups excluding carboxylic acids is 2. The summed E-state index contributed by atoms with van der Waals surface area (Å²) in [5.41, 5.74) is 2.20. The quantitative estimate of drug-likeness (QED) is 0.541. The van der Waals surface area contributed by atoms with Gasteiger partial charge in [0.2, 0.25) is 5.91 Å². The normalized spacial score (nSPS) is 10.4. The summed E-state index contributed by atoms with van der Waals surface area (Å²) in [6.45, 7) is 3.65. The monoisotopic (exact) mass is 380 g/mol. The molecule has 27 heavy (non-hydrogen) atoms. The Morgan fingerprint density at radius 3 is 2.41 bits per heavy atom. The van der Waals surface area contributed by atoms with Crippen molar-refractivity contribution >= 4 is 33.8 Å². The average molecular weight is 380 g/mol. The van der Waals surface area contributed by atoms with Gasteiger partial charge in [0.05, 0.1) is 11.4 Å². The van der Waals surface area contributed by atoms with Gasteiger partial charge in [0.1, 0.15) is 12.4 Å². The Morgan fingerprint density at radius 1 is 1.07 bits per heavy atom. The summed E-state index contributed by atoms with van der Waals surface area (Å²) in [7, 11) is 0. The molecule has 0 saturated heterocycles. The highest BCUT2D eigenvalue weighted by atomic mass is 32.1. The van der Waals surface area contributed by atoms with Gasteiger partial charge in [0, 0.05) is 24.3 Å². The lowest BCUT2D eigenvalue weighted by Crippen LogP contribution is -2.22. The number of nitrogens with zero attached hydrogens (tertiary/aromatic N) is 2. The van der Waals surface area contributed by atoms with E-state index in [1.165, 1.54) is 18.3 Å². The molecule has 0 N–H and O–H groups in total. The number of hydrogen-bond donors (Lipinski definition) is 0. The van der Waals surface area contributed by atoms with E-state index in [0.29, 0.717) is 22.9 Å². The molecule has 0 radical (unpaired) electrons. The molecule has 0 atom stereocenters. The number of para-hydroxylation sites is 1. The predicted octanol–water partition coefficient (Wildman–Crippen LogP) is 5.00. The number of aromatic nitrogens is 1. The van der Waals surface area contributed by atoms with Crippen LogP contribution in [0.25, 0.3) is 0 Å². The molecule has 0 spiro atoms. The fourth-order valence-corrected chi connectivity index (χ4v) is 3.44. The zero-order chi connectivity index (χ0) is 19.2. The SMILES string of the molecule is CCC(=O)c1ccc(OCc2csc(N(C(C)=O)c3ccccc3)n2)cc1. The van der Waals surface area contributed by atoms with Crippen LogP contribution in [0.5, 0.6) is 5.75 Å². The molecule has 0 aliphatic carbocycles. The number of Topliss-reactive ketones (excluding diaryl/α,β-unsaturated/α-hetero) is 1. The highest BCUT2D eigenvalue weighted by Crippen LogP contribution is 2.29. The third kappa shape index (κ3) is 4.60. The van der Waals surface area contributed by atoms with Crippen LogP contribution in [-0.2, 0) is 11.4 Å². The van der Waals surface area contributed by atoms with Gasteiger partial charge in [0.25, 0.3) is 0 Å². The minimum absolute atomic E-state index is 0.0980. The van der Waals surface area contributed by atoms with Gasteiger partial charge in [-0.3, -0.25) is 14.5 Å². The second kappa shape index (κ2) is 8.60. The number of carbonyl (C=O) groups is 2. The van der Waals surface area contributed by atoms with Crippen molar-refractivity contribution in [2.75, 3.05) is 4.90 Å². The third-order valence-corrected chi connectivity index (χ3v) is 4.82. The van der Waals surface area contributed by atoms with Gasteiger partial charge in [-0.2, -0.15) is 0 Å². The number of amides is 1. The summed E-state index contributed by atoms with van der Waals surface area (Å²) in [5, 5.41) is 2.49. The van der Waals surface area contributed by atoms with Crippen molar-refractivity contribution in [1.29, 1.82) is 0 Å². The molecule has 2 aromatic carbocycles. The van der Waals surface area contributed by atoms with Crippen molar-refractivity contribution < 1.29 is 14.3 Å². The molecule has 5 nitrogen and oxygen atoms in total. The van der Waals surface area contributed by atoms with Crippen molar-refractivity contribution in [3.05, 3.63) is 71.2 Å². The number of ketones is 1. The average Bonchev–Trinajstić information content (AvgIpc) is 3.15. The van der Waals surface area contributed by atoms with Gasteiger partial charge < -0.3 is 4.74 Å². The molecule has 1 aromatic heterocycles. The highest BCUT2D eigenvalue weighted by Gasteiger charge is 2.17. The molecular formula is C21H20N2O3S. The Hall–Kier alpha value is -2.99. The van der Waals surface area contributed by atoms with Crippen LogP contribution < -0.4 is 9.64 Å². The van der Waals surface area contributed by atoms with E-state index < -0.39 is 0 Å². The van der Waals surface area contributed by atoms with Crippen LogP contribution in [0.15, 0.2) is 60.0 Å². The van der Waals surface area contributed by atoms with Crippen LogP contribution in [0, 0.1) is 0 Å². The van der Waals surface area contributed by atoms with Crippen molar-refractivity contribution in [2.45, 2.75) is 26.9 Å². The second-order valence-corrected chi connectivity index (χ2v) is 6.74. The van der Waals surface area contributed by atoms with E-state index in [0.717, 1.165) is 11.4 Å².